The SMILES string of the molecule is COc1ccc(F)cc1CN1Cc2ccccc2C[C@@H]1C(N)=O. The van der Waals surface area contributed by atoms with E-state index in [0.29, 0.717) is 30.8 Å². The summed E-state index contributed by atoms with van der Waals surface area (Å²) < 4.78 is 18.9. The fourth-order valence-corrected chi connectivity index (χ4v) is 3.11. The van der Waals surface area contributed by atoms with Crippen molar-refractivity contribution < 1.29 is 13.9 Å². The van der Waals surface area contributed by atoms with Crippen LogP contribution >= 0.6 is 0 Å². The zero-order valence-corrected chi connectivity index (χ0v) is 13.0. The van der Waals surface area contributed by atoms with Crippen molar-refractivity contribution in [2.24, 2.45) is 5.73 Å². The number of fused-ring (bicyclic) bond motifs is 1. The van der Waals surface area contributed by atoms with Crippen LogP contribution in [0.5, 0.6) is 5.75 Å². The van der Waals surface area contributed by atoms with Crippen molar-refractivity contribution in [1.82, 2.24) is 4.90 Å². The number of hydrogen-bond acceptors (Lipinski definition) is 3. The highest BCUT2D eigenvalue weighted by Crippen LogP contribution is 2.28. The van der Waals surface area contributed by atoms with Gasteiger partial charge in [0.15, 0.2) is 0 Å². The number of nitrogens with zero attached hydrogens (tertiary/aromatic N) is 1. The molecule has 0 bridgehead atoms. The van der Waals surface area contributed by atoms with Crippen LogP contribution in [0, 0.1) is 5.82 Å². The second-order valence-electron chi connectivity index (χ2n) is 5.75. The van der Waals surface area contributed by atoms with Gasteiger partial charge in [-0.15, -0.1) is 0 Å². The van der Waals surface area contributed by atoms with Crippen LogP contribution < -0.4 is 10.5 Å². The molecule has 0 unspecified atom stereocenters. The van der Waals surface area contributed by atoms with Gasteiger partial charge in [0.05, 0.1) is 13.2 Å². The number of ether oxygens (including phenoxy) is 1. The first-order valence-corrected chi connectivity index (χ1v) is 7.51. The lowest BCUT2D eigenvalue weighted by molar-refractivity contribution is -0.124. The molecule has 23 heavy (non-hydrogen) atoms. The summed E-state index contributed by atoms with van der Waals surface area (Å²) in [4.78, 5) is 13.8. The van der Waals surface area contributed by atoms with E-state index in [-0.39, 0.29) is 11.7 Å². The zero-order valence-electron chi connectivity index (χ0n) is 13.0. The molecule has 3 rings (SSSR count). The molecule has 120 valence electrons. The summed E-state index contributed by atoms with van der Waals surface area (Å²) in [6, 6.07) is 12.0. The van der Waals surface area contributed by atoms with Crippen molar-refractivity contribution >= 4 is 5.91 Å². The van der Waals surface area contributed by atoms with Crippen LogP contribution in [0.15, 0.2) is 42.5 Å². The molecule has 0 saturated carbocycles. The van der Waals surface area contributed by atoms with E-state index in [1.165, 1.54) is 17.7 Å². The molecule has 1 aliphatic heterocycles. The first-order chi connectivity index (χ1) is 11.1. The second kappa shape index (κ2) is 6.38. The van der Waals surface area contributed by atoms with Crippen LogP contribution in [-0.4, -0.2) is 24.0 Å². The number of hydrogen-bond donors (Lipinski definition) is 1. The number of carbonyl (C=O) groups is 1. The van der Waals surface area contributed by atoms with Crippen molar-refractivity contribution in [3.8, 4) is 5.75 Å². The molecule has 2 aromatic rings. The molecule has 0 radical (unpaired) electrons. The van der Waals surface area contributed by atoms with Gasteiger partial charge in [-0.05, 0) is 35.7 Å². The van der Waals surface area contributed by atoms with Crippen LogP contribution in [0.4, 0.5) is 4.39 Å². The molecule has 2 aromatic carbocycles. The van der Waals surface area contributed by atoms with E-state index in [4.69, 9.17) is 10.5 Å². The van der Waals surface area contributed by atoms with Crippen molar-refractivity contribution in [3.05, 3.63) is 65.0 Å². The Morgan fingerprint density at radius 1 is 1.30 bits per heavy atom. The fraction of sp³-hybridized carbons (Fsp3) is 0.278. The number of methoxy groups -OCH3 is 1. The van der Waals surface area contributed by atoms with E-state index in [9.17, 15) is 9.18 Å². The zero-order chi connectivity index (χ0) is 16.4. The summed E-state index contributed by atoms with van der Waals surface area (Å²) in [7, 11) is 1.55. The second-order valence-corrected chi connectivity index (χ2v) is 5.75. The van der Waals surface area contributed by atoms with E-state index >= 15 is 0 Å². The smallest absolute Gasteiger partial charge is 0.235 e. The summed E-state index contributed by atoms with van der Waals surface area (Å²) in [6.07, 6.45) is 0.573. The van der Waals surface area contributed by atoms with Gasteiger partial charge in [-0.25, -0.2) is 4.39 Å². The molecule has 0 spiro atoms. The number of carbonyl (C=O) groups excluding carboxylic acids is 1. The van der Waals surface area contributed by atoms with Gasteiger partial charge in [0, 0.05) is 18.7 Å². The maximum atomic E-state index is 13.6. The third kappa shape index (κ3) is 3.19. The minimum absolute atomic E-state index is 0.325. The predicted octanol–water partition coefficient (Wildman–Crippen LogP) is 2.25. The Morgan fingerprint density at radius 3 is 2.74 bits per heavy atom. The van der Waals surface area contributed by atoms with E-state index in [1.807, 2.05) is 29.2 Å². The first kappa shape index (κ1) is 15.5. The lowest BCUT2D eigenvalue weighted by atomic mass is 9.93. The molecule has 2 N–H and O–H groups in total. The predicted molar refractivity (Wildman–Crippen MR) is 85.3 cm³/mol. The molecule has 1 heterocycles. The largest absolute Gasteiger partial charge is 0.496 e. The van der Waals surface area contributed by atoms with Crippen LogP contribution in [0.2, 0.25) is 0 Å². The Balaban J connectivity index is 1.92. The highest BCUT2D eigenvalue weighted by atomic mass is 19.1. The number of halogens is 1. The van der Waals surface area contributed by atoms with Crippen LogP contribution in [0.25, 0.3) is 0 Å². The van der Waals surface area contributed by atoms with Crippen LogP contribution in [0.3, 0.4) is 0 Å². The summed E-state index contributed by atoms with van der Waals surface area (Å²) in [5.41, 5.74) is 8.59. The van der Waals surface area contributed by atoms with Gasteiger partial charge < -0.3 is 10.5 Å². The Hall–Kier alpha value is -2.40. The first-order valence-electron chi connectivity index (χ1n) is 7.51. The van der Waals surface area contributed by atoms with Gasteiger partial charge in [0.1, 0.15) is 11.6 Å². The van der Waals surface area contributed by atoms with Crippen molar-refractivity contribution in [1.29, 1.82) is 0 Å². The Morgan fingerprint density at radius 2 is 2.04 bits per heavy atom. The van der Waals surface area contributed by atoms with E-state index < -0.39 is 6.04 Å². The van der Waals surface area contributed by atoms with Gasteiger partial charge in [0.2, 0.25) is 5.91 Å². The molecule has 1 aliphatic rings. The molecule has 1 atom stereocenters. The van der Waals surface area contributed by atoms with Crippen LogP contribution in [0.1, 0.15) is 16.7 Å². The normalized spacial score (nSPS) is 17.6. The van der Waals surface area contributed by atoms with Crippen molar-refractivity contribution in [3.63, 3.8) is 0 Å². The maximum Gasteiger partial charge on any atom is 0.235 e. The van der Waals surface area contributed by atoms with Gasteiger partial charge in [-0.2, -0.15) is 0 Å². The lowest BCUT2D eigenvalue weighted by Crippen LogP contribution is -2.48. The Bertz CT molecular complexity index is 733. The molecule has 0 aliphatic carbocycles. The number of primary amides is 1. The standard InChI is InChI=1S/C18H19FN2O2/c1-23-17-7-6-15(19)8-14(17)11-21-10-13-5-3-2-4-12(13)9-16(21)18(20)22/h2-8,16H,9-11H2,1H3,(H2,20,22)/t16-/m1/s1. The number of nitrogens with two attached hydrogens (primary N) is 1. The summed E-state index contributed by atoms with van der Waals surface area (Å²) in [6.45, 7) is 1.01. The fourth-order valence-electron chi connectivity index (χ4n) is 3.11. The van der Waals surface area contributed by atoms with E-state index in [0.717, 1.165) is 5.56 Å². The van der Waals surface area contributed by atoms with Gasteiger partial charge in [0.25, 0.3) is 0 Å². The minimum atomic E-state index is -0.405. The van der Waals surface area contributed by atoms with Gasteiger partial charge in [-0.1, -0.05) is 24.3 Å². The average Bonchev–Trinajstić information content (AvgIpc) is 2.54. The summed E-state index contributed by atoms with van der Waals surface area (Å²) in [5.74, 6) is -0.0859. The molecule has 1 amide bonds. The van der Waals surface area contributed by atoms with E-state index in [2.05, 4.69) is 0 Å². The Labute approximate surface area is 134 Å². The monoisotopic (exact) mass is 314 g/mol. The summed E-state index contributed by atoms with van der Waals surface area (Å²) >= 11 is 0. The molecular weight excluding hydrogens is 295 g/mol. The maximum absolute atomic E-state index is 13.6. The number of amides is 1. The minimum Gasteiger partial charge on any atom is -0.496 e. The highest BCUT2D eigenvalue weighted by molar-refractivity contribution is 5.80. The summed E-state index contributed by atoms with van der Waals surface area (Å²) in [5, 5.41) is 0. The van der Waals surface area contributed by atoms with Crippen molar-refractivity contribution in [2.45, 2.75) is 25.6 Å². The highest BCUT2D eigenvalue weighted by Gasteiger charge is 2.30. The Kier molecular flexibility index (Phi) is 4.30. The van der Waals surface area contributed by atoms with E-state index in [1.54, 1.807) is 13.2 Å². The third-order valence-electron chi connectivity index (χ3n) is 4.29. The van der Waals surface area contributed by atoms with Crippen molar-refractivity contribution in [2.75, 3.05) is 7.11 Å². The topological polar surface area (TPSA) is 55.6 Å². The molecule has 0 fully saturated rings. The number of benzene rings is 2. The average molecular weight is 314 g/mol. The molecule has 0 aromatic heterocycles. The molecule has 4 nitrogen and oxygen atoms in total. The molecule has 5 heteroatoms. The van der Waals surface area contributed by atoms with Gasteiger partial charge in [-0.3, -0.25) is 9.69 Å². The van der Waals surface area contributed by atoms with Gasteiger partial charge >= 0.3 is 0 Å². The third-order valence-corrected chi connectivity index (χ3v) is 4.29. The van der Waals surface area contributed by atoms with Crippen LogP contribution in [-0.2, 0) is 24.3 Å². The quantitative estimate of drug-likeness (QED) is 0.942. The lowest BCUT2D eigenvalue weighted by Gasteiger charge is -2.35. The number of rotatable bonds is 4. The molecule has 0 saturated heterocycles. The molecular formula is C18H19FN2O2.